The van der Waals surface area contributed by atoms with E-state index in [1.807, 2.05) is 48.5 Å². The van der Waals surface area contributed by atoms with Gasteiger partial charge in [0.25, 0.3) is 0 Å². The molecule has 0 aliphatic rings. The molecule has 23 heavy (non-hydrogen) atoms. The molecule has 0 radical (unpaired) electrons. The maximum Gasteiger partial charge on any atom is 0.180 e. The first-order valence-electron chi connectivity index (χ1n) is 7.73. The molecule has 0 aliphatic heterocycles. The average molecular weight is 304 g/mol. The van der Waals surface area contributed by atoms with Crippen molar-refractivity contribution in [1.82, 2.24) is 0 Å². The van der Waals surface area contributed by atoms with Gasteiger partial charge in [0.15, 0.2) is 12.4 Å². The first-order valence-corrected chi connectivity index (χ1v) is 7.73. The molecule has 3 heteroatoms. The van der Waals surface area contributed by atoms with E-state index < -0.39 is 0 Å². The molecule has 0 saturated carbocycles. The summed E-state index contributed by atoms with van der Waals surface area (Å²) in [5, 5.41) is 11.4. The molecule has 2 aromatic carbocycles. The second-order valence-corrected chi connectivity index (χ2v) is 5.76. The van der Waals surface area contributed by atoms with E-state index in [-0.39, 0.29) is 5.41 Å². The zero-order valence-corrected chi connectivity index (χ0v) is 12.9. The Labute approximate surface area is 136 Å². The van der Waals surface area contributed by atoms with Gasteiger partial charge in [-0.2, -0.15) is 4.73 Å². The summed E-state index contributed by atoms with van der Waals surface area (Å²) in [5.41, 5.74) is 9.36. The number of hydrogen-bond donors (Lipinski definition) is 1. The van der Waals surface area contributed by atoms with Crippen molar-refractivity contribution in [2.24, 2.45) is 5.73 Å². The SMILES string of the molecule is NCC(Cc1ccccc1)(c1ccccc1)c1cc[n+]([O-])cc1. The third kappa shape index (κ3) is 3.10. The number of hydrogen-bond acceptors (Lipinski definition) is 2. The lowest BCUT2D eigenvalue weighted by Gasteiger charge is -2.34. The van der Waals surface area contributed by atoms with Gasteiger partial charge in [-0.3, -0.25) is 0 Å². The highest BCUT2D eigenvalue weighted by molar-refractivity contribution is 5.41. The third-order valence-electron chi connectivity index (χ3n) is 4.38. The maximum absolute atomic E-state index is 11.4. The molecule has 0 spiro atoms. The van der Waals surface area contributed by atoms with Gasteiger partial charge in [-0.1, -0.05) is 60.7 Å². The fraction of sp³-hybridized carbons (Fsp3) is 0.150. The van der Waals surface area contributed by atoms with E-state index in [2.05, 4.69) is 24.3 Å². The van der Waals surface area contributed by atoms with Crippen LogP contribution >= 0.6 is 0 Å². The van der Waals surface area contributed by atoms with Gasteiger partial charge < -0.3 is 10.9 Å². The van der Waals surface area contributed by atoms with Gasteiger partial charge in [0, 0.05) is 24.1 Å². The smallest absolute Gasteiger partial charge is 0.180 e. The molecule has 0 bridgehead atoms. The predicted molar refractivity (Wildman–Crippen MR) is 91.8 cm³/mol. The third-order valence-corrected chi connectivity index (χ3v) is 4.38. The normalized spacial score (nSPS) is 13.4. The molecule has 0 saturated heterocycles. The van der Waals surface area contributed by atoms with Crippen LogP contribution in [0.5, 0.6) is 0 Å². The molecule has 1 atom stereocenters. The van der Waals surface area contributed by atoms with Gasteiger partial charge in [0.05, 0.1) is 0 Å². The first kappa shape index (κ1) is 15.3. The molecular formula is C20H20N2O. The van der Waals surface area contributed by atoms with E-state index in [9.17, 15) is 5.21 Å². The summed E-state index contributed by atoms with van der Waals surface area (Å²) in [6, 6.07) is 24.3. The van der Waals surface area contributed by atoms with Crippen molar-refractivity contribution >= 4 is 0 Å². The summed E-state index contributed by atoms with van der Waals surface area (Å²) in [4.78, 5) is 0. The molecule has 116 valence electrons. The van der Waals surface area contributed by atoms with E-state index in [0.717, 1.165) is 22.3 Å². The van der Waals surface area contributed by atoms with E-state index in [1.165, 1.54) is 18.0 Å². The van der Waals surface area contributed by atoms with Gasteiger partial charge in [0.1, 0.15) is 0 Å². The monoisotopic (exact) mass is 304 g/mol. The van der Waals surface area contributed by atoms with E-state index in [0.29, 0.717) is 6.54 Å². The summed E-state index contributed by atoms with van der Waals surface area (Å²) in [6.07, 6.45) is 3.86. The molecule has 3 nitrogen and oxygen atoms in total. The Morgan fingerprint density at radius 2 is 1.30 bits per heavy atom. The van der Waals surface area contributed by atoms with Crippen molar-refractivity contribution in [1.29, 1.82) is 0 Å². The number of rotatable bonds is 5. The molecule has 0 fully saturated rings. The van der Waals surface area contributed by atoms with Crippen LogP contribution in [0.2, 0.25) is 0 Å². The molecule has 1 heterocycles. The second kappa shape index (κ2) is 6.63. The van der Waals surface area contributed by atoms with Crippen LogP contribution in [0.3, 0.4) is 0 Å². The maximum atomic E-state index is 11.4. The number of benzene rings is 2. The van der Waals surface area contributed by atoms with Crippen molar-refractivity contribution in [2.45, 2.75) is 11.8 Å². The van der Waals surface area contributed by atoms with E-state index in [4.69, 9.17) is 5.73 Å². The Bertz CT molecular complexity index is 742. The number of aromatic nitrogens is 1. The molecule has 1 aromatic heterocycles. The fourth-order valence-corrected chi connectivity index (χ4v) is 3.11. The molecule has 3 aromatic rings. The average Bonchev–Trinajstić information content (AvgIpc) is 2.62. The molecule has 1 unspecified atom stereocenters. The summed E-state index contributed by atoms with van der Waals surface area (Å²) in [6.45, 7) is 0.467. The van der Waals surface area contributed by atoms with Crippen molar-refractivity contribution in [2.75, 3.05) is 6.54 Å². The summed E-state index contributed by atoms with van der Waals surface area (Å²) in [5.74, 6) is 0. The largest absolute Gasteiger partial charge is 0.619 e. The fourth-order valence-electron chi connectivity index (χ4n) is 3.11. The van der Waals surface area contributed by atoms with E-state index >= 15 is 0 Å². The quantitative estimate of drug-likeness (QED) is 0.582. The minimum atomic E-state index is -0.350. The summed E-state index contributed by atoms with van der Waals surface area (Å²) < 4.78 is 0.804. The van der Waals surface area contributed by atoms with Crippen molar-refractivity contribution < 1.29 is 4.73 Å². The van der Waals surface area contributed by atoms with E-state index in [1.54, 1.807) is 0 Å². The van der Waals surface area contributed by atoms with Crippen LogP contribution in [-0.2, 0) is 11.8 Å². The second-order valence-electron chi connectivity index (χ2n) is 5.76. The molecule has 2 N–H and O–H groups in total. The Kier molecular flexibility index (Phi) is 4.40. The van der Waals surface area contributed by atoms with Crippen LogP contribution in [0.25, 0.3) is 0 Å². The topological polar surface area (TPSA) is 53.0 Å². The summed E-state index contributed by atoms with van der Waals surface area (Å²) in [7, 11) is 0. The Balaban J connectivity index is 2.13. The molecule has 0 amide bonds. The highest BCUT2D eigenvalue weighted by Gasteiger charge is 2.33. The van der Waals surface area contributed by atoms with Crippen LogP contribution in [0, 0.1) is 5.21 Å². The van der Waals surface area contributed by atoms with Crippen molar-refractivity contribution in [3.05, 3.63) is 107 Å². The number of nitrogens with zero attached hydrogens (tertiary/aromatic N) is 1. The number of nitrogens with two attached hydrogens (primary N) is 1. The Morgan fingerprint density at radius 3 is 1.87 bits per heavy atom. The lowest BCUT2D eigenvalue weighted by atomic mass is 9.71. The van der Waals surface area contributed by atoms with Crippen LogP contribution in [0.15, 0.2) is 85.2 Å². The minimum absolute atomic E-state index is 0.350. The van der Waals surface area contributed by atoms with Gasteiger partial charge in [-0.25, -0.2) is 0 Å². The lowest BCUT2D eigenvalue weighted by molar-refractivity contribution is -0.605. The predicted octanol–water partition coefficient (Wildman–Crippen LogP) is 2.81. The van der Waals surface area contributed by atoms with Crippen LogP contribution in [0.1, 0.15) is 16.7 Å². The highest BCUT2D eigenvalue weighted by Crippen LogP contribution is 2.34. The van der Waals surface area contributed by atoms with Crippen LogP contribution in [-0.4, -0.2) is 6.54 Å². The number of pyridine rings is 1. The zero-order valence-electron chi connectivity index (χ0n) is 12.9. The molecule has 0 aliphatic carbocycles. The standard InChI is InChI=1S/C20H20N2O/c21-16-20(18-9-5-2-6-10-18,15-17-7-3-1-4-8-17)19-11-13-22(23)14-12-19/h1-14H,15-16,21H2. The van der Waals surface area contributed by atoms with Crippen LogP contribution in [0.4, 0.5) is 0 Å². The lowest BCUT2D eigenvalue weighted by Crippen LogP contribution is -2.39. The summed E-state index contributed by atoms with van der Waals surface area (Å²) >= 11 is 0. The van der Waals surface area contributed by atoms with Gasteiger partial charge in [-0.15, -0.1) is 0 Å². The van der Waals surface area contributed by atoms with Crippen LogP contribution < -0.4 is 10.5 Å². The van der Waals surface area contributed by atoms with Crippen molar-refractivity contribution in [3.63, 3.8) is 0 Å². The first-order chi connectivity index (χ1) is 11.2. The molecular weight excluding hydrogens is 284 g/mol. The van der Waals surface area contributed by atoms with Gasteiger partial charge in [-0.05, 0) is 23.1 Å². The highest BCUT2D eigenvalue weighted by atomic mass is 16.5. The van der Waals surface area contributed by atoms with Gasteiger partial charge in [0.2, 0.25) is 0 Å². The molecule has 3 rings (SSSR count). The Morgan fingerprint density at radius 1 is 0.783 bits per heavy atom. The minimum Gasteiger partial charge on any atom is -0.619 e. The van der Waals surface area contributed by atoms with Gasteiger partial charge >= 0.3 is 0 Å². The zero-order chi connectivity index (χ0) is 16.1. The Hall–Kier alpha value is -2.65. The van der Waals surface area contributed by atoms with Crippen molar-refractivity contribution in [3.8, 4) is 0 Å².